The predicted octanol–water partition coefficient (Wildman–Crippen LogP) is 3.20. The third-order valence-corrected chi connectivity index (χ3v) is 3.85. The number of benzene rings is 2. The third-order valence-electron chi connectivity index (χ3n) is 3.85. The topological polar surface area (TPSA) is 52.6 Å². The van der Waals surface area contributed by atoms with Crippen LogP contribution in [0.2, 0.25) is 0 Å². The zero-order valence-electron chi connectivity index (χ0n) is 14.6. The summed E-state index contributed by atoms with van der Waals surface area (Å²) in [5.41, 5.74) is 2.11. The van der Waals surface area contributed by atoms with Crippen LogP contribution in [-0.2, 0) is 31.9 Å². The lowest BCUT2D eigenvalue weighted by molar-refractivity contribution is -0.161. The Balaban J connectivity index is 1.78. The van der Waals surface area contributed by atoms with Gasteiger partial charge in [-0.25, -0.2) is 0 Å². The van der Waals surface area contributed by atoms with Gasteiger partial charge in [0.05, 0.1) is 13.2 Å². The van der Waals surface area contributed by atoms with E-state index in [1.54, 1.807) is 0 Å². The Morgan fingerprint density at radius 1 is 0.808 bits per heavy atom. The summed E-state index contributed by atoms with van der Waals surface area (Å²) in [7, 11) is 0. The van der Waals surface area contributed by atoms with Crippen molar-refractivity contribution < 1.29 is 19.1 Å². The summed E-state index contributed by atoms with van der Waals surface area (Å²) in [6.07, 6.45) is 6.41. The highest BCUT2D eigenvalue weighted by atomic mass is 16.6. The fourth-order valence-electron chi connectivity index (χ4n) is 2.41. The van der Waals surface area contributed by atoms with E-state index in [1.807, 2.05) is 60.7 Å². The minimum absolute atomic E-state index is 0.0334. The summed E-state index contributed by atoms with van der Waals surface area (Å²) < 4.78 is 10.4. The average Bonchev–Trinajstić information content (AvgIpc) is 2.67. The molecule has 4 heteroatoms. The van der Waals surface area contributed by atoms with Crippen LogP contribution in [0.15, 0.2) is 60.7 Å². The van der Waals surface area contributed by atoms with E-state index in [0.717, 1.165) is 11.1 Å². The number of hydrogen-bond donors (Lipinski definition) is 0. The van der Waals surface area contributed by atoms with Crippen LogP contribution in [0.25, 0.3) is 0 Å². The molecule has 0 heterocycles. The number of carbonyl (C=O) groups is 2. The van der Waals surface area contributed by atoms with Crippen LogP contribution >= 0.6 is 0 Å². The van der Waals surface area contributed by atoms with Gasteiger partial charge in [-0.15, -0.1) is 12.3 Å². The van der Waals surface area contributed by atoms with E-state index >= 15 is 0 Å². The number of esters is 2. The molecule has 0 amide bonds. The molecule has 0 spiro atoms. The molecule has 4 nitrogen and oxygen atoms in total. The first-order valence-corrected chi connectivity index (χ1v) is 8.55. The molecule has 2 aromatic rings. The largest absolute Gasteiger partial charge is 0.465 e. The van der Waals surface area contributed by atoms with Gasteiger partial charge >= 0.3 is 11.9 Å². The zero-order valence-corrected chi connectivity index (χ0v) is 14.6. The number of ether oxygens (including phenoxy) is 2. The second kappa shape index (κ2) is 10.7. The molecule has 0 saturated heterocycles. The van der Waals surface area contributed by atoms with Crippen LogP contribution in [0.5, 0.6) is 0 Å². The maximum atomic E-state index is 12.2. The lowest BCUT2D eigenvalue weighted by Gasteiger charge is -2.13. The van der Waals surface area contributed by atoms with Crippen LogP contribution in [0.3, 0.4) is 0 Å². The molecule has 2 aromatic carbocycles. The first-order valence-electron chi connectivity index (χ1n) is 8.55. The lowest BCUT2D eigenvalue weighted by Crippen LogP contribution is -2.28. The monoisotopic (exact) mass is 350 g/mol. The molecule has 0 N–H and O–H groups in total. The van der Waals surface area contributed by atoms with Gasteiger partial charge in [-0.2, -0.15) is 0 Å². The lowest BCUT2D eigenvalue weighted by atomic mass is 10.1. The Morgan fingerprint density at radius 3 is 1.62 bits per heavy atom. The van der Waals surface area contributed by atoms with E-state index in [2.05, 4.69) is 5.92 Å². The van der Waals surface area contributed by atoms with Crippen LogP contribution in [0, 0.1) is 18.3 Å². The Kier molecular flexibility index (Phi) is 7.95. The molecule has 0 radical (unpaired) electrons. The van der Waals surface area contributed by atoms with Crippen molar-refractivity contribution in [1.82, 2.24) is 0 Å². The normalized spacial score (nSPS) is 10.2. The quantitative estimate of drug-likeness (QED) is 0.396. The highest BCUT2D eigenvalue weighted by Crippen LogP contribution is 2.10. The predicted molar refractivity (Wildman–Crippen MR) is 99.2 cm³/mol. The Hall–Kier alpha value is -3.06. The molecule has 0 aromatic heterocycles. The molecule has 0 bridgehead atoms. The molecule has 0 atom stereocenters. The minimum Gasteiger partial charge on any atom is -0.465 e. The number of terminal acetylenes is 1. The summed E-state index contributed by atoms with van der Waals surface area (Å²) in [6, 6.07) is 19.3. The van der Waals surface area contributed by atoms with Crippen molar-refractivity contribution in [3.63, 3.8) is 0 Å². The van der Waals surface area contributed by atoms with Gasteiger partial charge < -0.3 is 9.47 Å². The van der Waals surface area contributed by atoms with Gasteiger partial charge in [-0.05, 0) is 11.1 Å². The third kappa shape index (κ3) is 6.45. The van der Waals surface area contributed by atoms with Crippen molar-refractivity contribution in [3.05, 3.63) is 71.8 Å². The van der Waals surface area contributed by atoms with Crippen molar-refractivity contribution in [2.45, 2.75) is 19.3 Å². The van der Waals surface area contributed by atoms with E-state index in [9.17, 15) is 9.59 Å². The molecule has 26 heavy (non-hydrogen) atoms. The average molecular weight is 350 g/mol. The summed E-state index contributed by atoms with van der Waals surface area (Å²) in [5, 5.41) is 0. The van der Waals surface area contributed by atoms with Gasteiger partial charge in [0.2, 0.25) is 0 Å². The van der Waals surface area contributed by atoms with Crippen LogP contribution < -0.4 is 0 Å². The van der Waals surface area contributed by atoms with Crippen molar-refractivity contribution >= 4 is 11.9 Å². The second-order valence-corrected chi connectivity index (χ2v) is 5.77. The highest BCUT2D eigenvalue weighted by Gasteiger charge is 2.29. The SMILES string of the molecule is C#CCC(C(=O)OCCc1ccccc1)C(=O)OCCc1ccccc1. The molecule has 0 aliphatic heterocycles. The van der Waals surface area contributed by atoms with Crippen molar-refractivity contribution in [1.29, 1.82) is 0 Å². The van der Waals surface area contributed by atoms with Crippen molar-refractivity contribution in [2.75, 3.05) is 13.2 Å². The Morgan fingerprint density at radius 2 is 1.23 bits per heavy atom. The maximum absolute atomic E-state index is 12.2. The number of rotatable bonds is 9. The zero-order chi connectivity index (χ0) is 18.6. The minimum atomic E-state index is -1.08. The molecular formula is C22H22O4. The molecule has 0 unspecified atom stereocenters. The Labute approximate surface area is 154 Å². The van der Waals surface area contributed by atoms with Crippen LogP contribution in [0.1, 0.15) is 17.5 Å². The summed E-state index contributed by atoms with van der Waals surface area (Å²) in [6.45, 7) is 0.391. The van der Waals surface area contributed by atoms with Gasteiger partial charge in [-0.1, -0.05) is 60.7 Å². The fourth-order valence-corrected chi connectivity index (χ4v) is 2.41. The highest BCUT2D eigenvalue weighted by molar-refractivity contribution is 5.95. The van der Waals surface area contributed by atoms with Gasteiger partial charge in [0.25, 0.3) is 0 Å². The summed E-state index contributed by atoms with van der Waals surface area (Å²) in [5.74, 6) is -0.00423. The second-order valence-electron chi connectivity index (χ2n) is 5.77. The van der Waals surface area contributed by atoms with E-state index in [0.29, 0.717) is 12.8 Å². The first kappa shape index (κ1) is 19.3. The molecule has 2 rings (SSSR count). The summed E-state index contributed by atoms with van der Waals surface area (Å²) in [4.78, 5) is 24.4. The van der Waals surface area contributed by atoms with Crippen molar-refractivity contribution in [3.8, 4) is 12.3 Å². The van der Waals surface area contributed by atoms with Crippen LogP contribution in [-0.4, -0.2) is 25.2 Å². The van der Waals surface area contributed by atoms with Crippen LogP contribution in [0.4, 0.5) is 0 Å². The van der Waals surface area contributed by atoms with E-state index < -0.39 is 17.9 Å². The fraction of sp³-hybridized carbons (Fsp3) is 0.273. The molecule has 0 saturated carbocycles. The van der Waals surface area contributed by atoms with Gasteiger partial charge in [-0.3, -0.25) is 9.59 Å². The van der Waals surface area contributed by atoms with Gasteiger partial charge in [0, 0.05) is 19.3 Å². The van der Waals surface area contributed by atoms with Gasteiger partial charge in [0.1, 0.15) is 0 Å². The first-order chi connectivity index (χ1) is 12.7. The Bertz CT molecular complexity index is 674. The molecule has 0 aliphatic carbocycles. The van der Waals surface area contributed by atoms with E-state index in [1.165, 1.54) is 0 Å². The molecule has 0 aliphatic rings. The summed E-state index contributed by atoms with van der Waals surface area (Å²) >= 11 is 0. The molecule has 0 fully saturated rings. The smallest absolute Gasteiger partial charge is 0.321 e. The maximum Gasteiger partial charge on any atom is 0.321 e. The number of hydrogen-bond acceptors (Lipinski definition) is 4. The van der Waals surface area contributed by atoms with E-state index in [-0.39, 0.29) is 19.6 Å². The number of carbonyl (C=O) groups excluding carboxylic acids is 2. The molecule has 134 valence electrons. The van der Waals surface area contributed by atoms with E-state index in [4.69, 9.17) is 15.9 Å². The molecular weight excluding hydrogens is 328 g/mol. The van der Waals surface area contributed by atoms with Crippen molar-refractivity contribution in [2.24, 2.45) is 5.92 Å². The van der Waals surface area contributed by atoms with Gasteiger partial charge in [0.15, 0.2) is 5.92 Å². The standard InChI is InChI=1S/C22H22O4/c1-2-9-20(21(23)25-16-14-18-10-5-3-6-11-18)22(24)26-17-15-19-12-7-4-8-13-19/h1,3-8,10-13,20H,9,14-17H2.